The van der Waals surface area contributed by atoms with Gasteiger partial charge in [-0.15, -0.1) is 0 Å². The molecule has 0 aliphatic carbocycles. The van der Waals surface area contributed by atoms with E-state index in [0.717, 1.165) is 0 Å². The average Bonchev–Trinajstić information content (AvgIpc) is 0. The Morgan fingerprint density at radius 1 is 0.667 bits per heavy atom. The molecule has 0 atom stereocenters. The van der Waals surface area contributed by atoms with E-state index >= 15 is 0 Å². The van der Waals surface area contributed by atoms with Gasteiger partial charge in [0, 0.05) is 21.7 Å². The molecule has 0 amide bonds. The molecule has 6 heavy (non-hydrogen) atoms. The van der Waals surface area contributed by atoms with Crippen molar-refractivity contribution in [2.75, 3.05) is 0 Å². The van der Waals surface area contributed by atoms with Crippen molar-refractivity contribution in [2.24, 2.45) is 0 Å². The minimum Gasteiger partial charge on any atom is -2.00 e. The smallest absolute Gasteiger partial charge is 1.00 e. The van der Waals surface area contributed by atoms with Crippen molar-refractivity contribution >= 4 is 0 Å². The Labute approximate surface area is 75.4 Å². The second kappa shape index (κ2) is 71.1. The summed E-state index contributed by atoms with van der Waals surface area (Å²) in [7, 11) is 0. The van der Waals surface area contributed by atoms with Crippen molar-refractivity contribution in [3.63, 3.8) is 0 Å². The van der Waals surface area contributed by atoms with Crippen LogP contribution in [0.1, 0.15) is 0 Å². The Bertz CT molecular complexity index is 8.75. The fraction of sp³-hybridized carbons (Fsp3) is 0. The molecule has 0 unspecified atom stereocenters. The molecule has 0 aromatic heterocycles. The van der Waals surface area contributed by atoms with Gasteiger partial charge in [0.2, 0.25) is 0 Å². The molecule has 0 saturated carbocycles. The summed E-state index contributed by atoms with van der Waals surface area (Å²) in [5, 5.41) is 0. The third-order valence-electron chi connectivity index (χ3n) is 0. The second-order valence-electron chi connectivity index (χ2n) is 0. The summed E-state index contributed by atoms with van der Waals surface area (Å²) in [5.41, 5.74) is 0. The Hall–Kier alpha value is 1.79. The predicted octanol–water partition coefficient (Wildman–Crippen LogP) is -6.41. The molecule has 6 heteroatoms. The summed E-state index contributed by atoms with van der Waals surface area (Å²) in [6.45, 7) is 0. The van der Waals surface area contributed by atoms with E-state index in [4.69, 9.17) is 0 Å². The van der Waals surface area contributed by atoms with E-state index in [1.165, 1.54) is 0 Å². The van der Waals surface area contributed by atoms with Gasteiger partial charge in [0.25, 0.3) is 0 Å². The van der Waals surface area contributed by atoms with Gasteiger partial charge in [0.1, 0.15) is 0 Å². The van der Waals surface area contributed by atoms with Gasteiger partial charge in [-0.1, -0.05) is 0 Å². The van der Waals surface area contributed by atoms with Crippen molar-refractivity contribution < 1.29 is 75.9 Å². The van der Waals surface area contributed by atoms with E-state index < -0.39 is 0 Å². The molecule has 0 bridgehead atoms. The van der Waals surface area contributed by atoms with Crippen LogP contribution in [0.3, 0.4) is 0 Å². The quantitative estimate of drug-likeness (QED) is 0.286. The molecule has 0 radical (unpaired) electrons. The molecule has 3 nitrogen and oxygen atoms in total. The summed E-state index contributed by atoms with van der Waals surface area (Å²) in [5.74, 6) is 0. The number of hydrogen-bond acceptors (Lipinski definition) is 1. The van der Waals surface area contributed by atoms with E-state index in [1.807, 2.05) is 0 Å². The van der Waals surface area contributed by atoms with Crippen LogP contribution >= 0.6 is 0 Å². The van der Waals surface area contributed by atoms with Crippen molar-refractivity contribution in [1.82, 2.24) is 0 Å². The molecule has 1 N–H and O–H groups in total. The maximum Gasteiger partial charge on any atom is 1.00 e. The summed E-state index contributed by atoms with van der Waals surface area (Å²) in [6, 6.07) is 0. The van der Waals surface area contributed by atoms with Crippen molar-refractivity contribution in [3.05, 3.63) is 0 Å². The molecule has 0 aliphatic rings. The molecule has 0 saturated heterocycles. The SMILES string of the molecule is [Li+].[Li+].[O-2].[O-2].[OH-].[Ti]. The Balaban J connectivity index is 0. The molecular weight excluding hydrogens is 110 g/mol. The Morgan fingerprint density at radius 3 is 0.667 bits per heavy atom. The second-order valence-corrected chi connectivity index (χ2v) is 0. The van der Waals surface area contributed by atoms with Gasteiger partial charge >= 0.3 is 37.7 Å². The van der Waals surface area contributed by atoms with Gasteiger partial charge in [-0.2, -0.15) is 0 Å². The molecule has 0 spiro atoms. The third kappa shape index (κ3) is 41.5. The zero-order valence-corrected chi connectivity index (χ0v) is 5.33. The maximum atomic E-state index is 0. The van der Waals surface area contributed by atoms with Crippen molar-refractivity contribution in [1.29, 1.82) is 0 Å². The monoisotopic (exact) mass is 111 g/mol. The Kier molecular flexibility index (Phi) is 1330. The molecule has 0 aromatic carbocycles. The fourth-order valence-electron chi connectivity index (χ4n) is 0. The van der Waals surface area contributed by atoms with Crippen LogP contribution in [-0.2, 0) is 32.7 Å². The molecule has 0 aromatic rings. The largest absolute Gasteiger partial charge is 2.00 e. The van der Waals surface area contributed by atoms with E-state index in [1.54, 1.807) is 0 Å². The van der Waals surface area contributed by atoms with Crippen LogP contribution in [0.15, 0.2) is 0 Å². The van der Waals surface area contributed by atoms with Gasteiger partial charge < -0.3 is 16.4 Å². The van der Waals surface area contributed by atoms with Gasteiger partial charge in [0.15, 0.2) is 0 Å². The van der Waals surface area contributed by atoms with Crippen molar-refractivity contribution in [2.45, 2.75) is 0 Å². The van der Waals surface area contributed by atoms with E-state index in [0.29, 0.717) is 0 Å². The minimum atomic E-state index is 0. The number of hydrogen-bond donors (Lipinski definition) is 0. The summed E-state index contributed by atoms with van der Waals surface area (Å²) >= 11 is 0. The van der Waals surface area contributed by atoms with Crippen LogP contribution in [0.25, 0.3) is 0 Å². The first kappa shape index (κ1) is 112. The first-order valence-electron chi connectivity index (χ1n) is 0. The van der Waals surface area contributed by atoms with Crippen LogP contribution in [0.4, 0.5) is 0 Å². The van der Waals surface area contributed by atoms with Crippen LogP contribution in [0.2, 0.25) is 0 Å². The standard InChI is InChI=1S/2Li.H2O.2O.Ti/h;;1H2;;;/q2*+1;;2*-2;/p-1. The molecule has 0 heterocycles. The van der Waals surface area contributed by atoms with Crippen LogP contribution < -0.4 is 37.7 Å². The normalized spacial score (nSPS) is 0. The van der Waals surface area contributed by atoms with Gasteiger partial charge in [-0.3, -0.25) is 0 Å². The molecular formula is HLi2O3Ti-3. The first-order chi connectivity index (χ1) is 0. The maximum absolute atomic E-state index is 0. The van der Waals surface area contributed by atoms with Gasteiger partial charge in [-0.05, 0) is 0 Å². The number of rotatable bonds is 0. The zero-order valence-electron chi connectivity index (χ0n) is 3.76. The zero-order chi connectivity index (χ0) is 0. The van der Waals surface area contributed by atoms with Gasteiger partial charge in [0.05, 0.1) is 0 Å². The molecule has 0 fully saturated rings. The van der Waals surface area contributed by atoms with E-state index in [9.17, 15) is 0 Å². The van der Waals surface area contributed by atoms with Gasteiger partial charge in [-0.25, -0.2) is 0 Å². The van der Waals surface area contributed by atoms with Crippen molar-refractivity contribution in [3.8, 4) is 0 Å². The van der Waals surface area contributed by atoms with Crippen LogP contribution in [0.5, 0.6) is 0 Å². The Morgan fingerprint density at radius 2 is 0.667 bits per heavy atom. The molecule has 28 valence electrons. The topological polar surface area (TPSA) is 87.0 Å². The first-order valence-corrected chi connectivity index (χ1v) is 0. The van der Waals surface area contributed by atoms with E-state index in [-0.39, 0.29) is 75.9 Å². The minimum absolute atomic E-state index is 0. The molecule has 0 aliphatic heterocycles. The summed E-state index contributed by atoms with van der Waals surface area (Å²) in [6.07, 6.45) is 0. The van der Waals surface area contributed by atoms with Crippen LogP contribution in [-0.4, -0.2) is 5.48 Å². The molecule has 0 rings (SSSR count). The predicted molar refractivity (Wildman–Crippen MR) is 3.31 cm³/mol. The van der Waals surface area contributed by atoms with Crippen LogP contribution in [0, 0.1) is 0 Å². The summed E-state index contributed by atoms with van der Waals surface area (Å²) < 4.78 is 0. The average molecular weight is 111 g/mol. The summed E-state index contributed by atoms with van der Waals surface area (Å²) in [4.78, 5) is 0. The third-order valence-corrected chi connectivity index (χ3v) is 0. The van der Waals surface area contributed by atoms with E-state index in [2.05, 4.69) is 0 Å². The fourth-order valence-corrected chi connectivity index (χ4v) is 0.